The summed E-state index contributed by atoms with van der Waals surface area (Å²) < 4.78 is 1.93. The molecule has 0 saturated carbocycles. The number of carbonyl (C=O) groups is 1. The number of hydrogen-bond donors (Lipinski definition) is 2. The number of likely N-dealkylation sites (N-methyl/N-ethyl adjacent to an activating group) is 1. The van der Waals surface area contributed by atoms with Gasteiger partial charge in [0.1, 0.15) is 12.2 Å². The smallest absolute Gasteiger partial charge is 0.233 e. The SMILES string of the molecule is CCn1cnnc1CNCC(=O)NC. The van der Waals surface area contributed by atoms with Gasteiger partial charge in [0.2, 0.25) is 5.91 Å². The van der Waals surface area contributed by atoms with E-state index >= 15 is 0 Å². The van der Waals surface area contributed by atoms with Gasteiger partial charge in [-0.25, -0.2) is 0 Å². The molecule has 0 saturated heterocycles. The summed E-state index contributed by atoms with van der Waals surface area (Å²) >= 11 is 0. The van der Waals surface area contributed by atoms with Gasteiger partial charge < -0.3 is 15.2 Å². The Morgan fingerprint density at radius 1 is 1.64 bits per heavy atom. The number of rotatable bonds is 5. The molecular formula is C8H15N5O. The van der Waals surface area contributed by atoms with Crippen molar-refractivity contribution < 1.29 is 4.79 Å². The largest absolute Gasteiger partial charge is 0.358 e. The van der Waals surface area contributed by atoms with E-state index in [9.17, 15) is 4.79 Å². The van der Waals surface area contributed by atoms with Gasteiger partial charge in [-0.15, -0.1) is 10.2 Å². The van der Waals surface area contributed by atoms with E-state index in [4.69, 9.17) is 0 Å². The van der Waals surface area contributed by atoms with Crippen LogP contribution < -0.4 is 10.6 Å². The lowest BCUT2D eigenvalue weighted by Gasteiger charge is -2.04. The van der Waals surface area contributed by atoms with Crippen LogP contribution in [0, 0.1) is 0 Å². The number of hydrogen-bond acceptors (Lipinski definition) is 4. The third-order valence-electron chi connectivity index (χ3n) is 1.88. The molecule has 0 spiro atoms. The number of nitrogens with one attached hydrogen (secondary N) is 2. The Morgan fingerprint density at radius 2 is 2.43 bits per heavy atom. The normalized spacial score (nSPS) is 10.1. The number of amides is 1. The van der Waals surface area contributed by atoms with Crippen LogP contribution in [0.25, 0.3) is 0 Å². The lowest BCUT2D eigenvalue weighted by atomic mass is 10.5. The summed E-state index contributed by atoms with van der Waals surface area (Å²) in [6.45, 7) is 3.71. The molecule has 1 rings (SSSR count). The minimum absolute atomic E-state index is 0.0347. The third kappa shape index (κ3) is 2.81. The van der Waals surface area contributed by atoms with Crippen LogP contribution in [-0.4, -0.2) is 34.3 Å². The average Bonchev–Trinajstić information content (AvgIpc) is 2.65. The Morgan fingerprint density at radius 3 is 3.07 bits per heavy atom. The van der Waals surface area contributed by atoms with E-state index in [-0.39, 0.29) is 5.91 Å². The maximum Gasteiger partial charge on any atom is 0.233 e. The molecule has 2 N–H and O–H groups in total. The predicted octanol–water partition coefficient (Wildman–Crippen LogP) is -0.866. The van der Waals surface area contributed by atoms with Crippen molar-refractivity contribution in [1.82, 2.24) is 25.4 Å². The first-order chi connectivity index (χ1) is 6.77. The molecule has 0 aliphatic heterocycles. The summed E-state index contributed by atoms with van der Waals surface area (Å²) in [6.07, 6.45) is 1.68. The number of carbonyl (C=O) groups excluding carboxylic acids is 1. The highest BCUT2D eigenvalue weighted by Gasteiger charge is 2.02. The second kappa shape index (κ2) is 5.33. The summed E-state index contributed by atoms with van der Waals surface area (Å²) in [4.78, 5) is 10.9. The van der Waals surface area contributed by atoms with Gasteiger partial charge in [-0.3, -0.25) is 4.79 Å². The van der Waals surface area contributed by atoms with Gasteiger partial charge in [0.15, 0.2) is 0 Å². The van der Waals surface area contributed by atoms with Crippen molar-refractivity contribution in [2.24, 2.45) is 0 Å². The van der Waals surface area contributed by atoms with Gasteiger partial charge in [-0.05, 0) is 6.92 Å². The van der Waals surface area contributed by atoms with Gasteiger partial charge in [0.05, 0.1) is 13.1 Å². The van der Waals surface area contributed by atoms with Crippen LogP contribution in [0.5, 0.6) is 0 Å². The Labute approximate surface area is 82.7 Å². The van der Waals surface area contributed by atoms with Crippen molar-refractivity contribution in [3.8, 4) is 0 Å². The molecule has 0 aliphatic rings. The fraction of sp³-hybridized carbons (Fsp3) is 0.625. The predicted molar refractivity (Wildman–Crippen MR) is 51.5 cm³/mol. The molecule has 1 aromatic heterocycles. The molecule has 0 aliphatic carbocycles. The average molecular weight is 197 g/mol. The van der Waals surface area contributed by atoms with Crippen LogP contribution in [0.3, 0.4) is 0 Å². The Hall–Kier alpha value is -1.43. The Balaban J connectivity index is 2.34. The minimum atomic E-state index is -0.0347. The van der Waals surface area contributed by atoms with Gasteiger partial charge in [-0.1, -0.05) is 0 Å². The number of nitrogens with zero attached hydrogens (tertiary/aromatic N) is 3. The zero-order valence-corrected chi connectivity index (χ0v) is 8.45. The molecule has 0 unspecified atom stereocenters. The highest BCUT2D eigenvalue weighted by Crippen LogP contribution is 1.93. The second-order valence-electron chi connectivity index (χ2n) is 2.81. The highest BCUT2D eigenvalue weighted by atomic mass is 16.1. The van der Waals surface area contributed by atoms with Crippen molar-refractivity contribution in [3.63, 3.8) is 0 Å². The molecule has 1 heterocycles. The molecule has 0 fully saturated rings. The number of aryl methyl sites for hydroxylation is 1. The quantitative estimate of drug-likeness (QED) is 0.644. The van der Waals surface area contributed by atoms with Crippen LogP contribution in [0.15, 0.2) is 6.33 Å². The summed E-state index contributed by atoms with van der Waals surface area (Å²) in [7, 11) is 1.61. The Bertz CT molecular complexity index is 296. The van der Waals surface area contributed by atoms with E-state index in [1.54, 1.807) is 13.4 Å². The van der Waals surface area contributed by atoms with Crippen molar-refractivity contribution >= 4 is 5.91 Å². The number of aromatic nitrogens is 3. The molecule has 6 nitrogen and oxygen atoms in total. The third-order valence-corrected chi connectivity index (χ3v) is 1.88. The molecule has 0 bridgehead atoms. The molecule has 0 aromatic carbocycles. The van der Waals surface area contributed by atoms with Crippen molar-refractivity contribution in [2.45, 2.75) is 20.0 Å². The molecule has 0 atom stereocenters. The highest BCUT2D eigenvalue weighted by molar-refractivity contribution is 5.77. The lowest BCUT2D eigenvalue weighted by molar-refractivity contribution is -0.119. The summed E-state index contributed by atoms with van der Waals surface area (Å²) in [5.74, 6) is 0.809. The molecule has 6 heteroatoms. The van der Waals surface area contributed by atoms with Crippen LogP contribution in [0.2, 0.25) is 0 Å². The minimum Gasteiger partial charge on any atom is -0.358 e. The van der Waals surface area contributed by atoms with Crippen LogP contribution in [0.4, 0.5) is 0 Å². The first-order valence-electron chi connectivity index (χ1n) is 4.56. The van der Waals surface area contributed by atoms with Crippen molar-refractivity contribution in [3.05, 3.63) is 12.2 Å². The van der Waals surface area contributed by atoms with Gasteiger partial charge in [-0.2, -0.15) is 0 Å². The van der Waals surface area contributed by atoms with E-state index in [1.807, 2.05) is 11.5 Å². The summed E-state index contributed by atoms with van der Waals surface area (Å²) in [6, 6.07) is 0. The van der Waals surface area contributed by atoms with Crippen LogP contribution in [0.1, 0.15) is 12.7 Å². The topological polar surface area (TPSA) is 71.8 Å². The van der Waals surface area contributed by atoms with Crippen LogP contribution in [-0.2, 0) is 17.9 Å². The monoisotopic (exact) mass is 197 g/mol. The van der Waals surface area contributed by atoms with E-state index in [0.29, 0.717) is 13.1 Å². The fourth-order valence-electron chi connectivity index (χ4n) is 1.06. The van der Waals surface area contributed by atoms with E-state index in [0.717, 1.165) is 12.4 Å². The molecule has 1 aromatic rings. The second-order valence-corrected chi connectivity index (χ2v) is 2.81. The van der Waals surface area contributed by atoms with E-state index in [1.165, 1.54) is 0 Å². The maximum absolute atomic E-state index is 10.9. The first kappa shape index (κ1) is 10.6. The Kier molecular flexibility index (Phi) is 4.06. The van der Waals surface area contributed by atoms with Crippen molar-refractivity contribution in [2.75, 3.05) is 13.6 Å². The van der Waals surface area contributed by atoms with Gasteiger partial charge >= 0.3 is 0 Å². The maximum atomic E-state index is 10.9. The zero-order chi connectivity index (χ0) is 10.4. The van der Waals surface area contributed by atoms with Crippen molar-refractivity contribution in [1.29, 1.82) is 0 Å². The standard InChI is InChI=1S/C8H15N5O/c1-3-13-6-11-12-7(13)4-10-5-8(14)9-2/h6,10H,3-5H2,1-2H3,(H,9,14). The van der Waals surface area contributed by atoms with E-state index in [2.05, 4.69) is 20.8 Å². The molecule has 1 amide bonds. The van der Waals surface area contributed by atoms with Gasteiger partial charge in [0.25, 0.3) is 0 Å². The lowest BCUT2D eigenvalue weighted by Crippen LogP contribution is -2.31. The molecule has 14 heavy (non-hydrogen) atoms. The van der Waals surface area contributed by atoms with Gasteiger partial charge in [0, 0.05) is 13.6 Å². The molecule has 78 valence electrons. The van der Waals surface area contributed by atoms with E-state index < -0.39 is 0 Å². The first-order valence-corrected chi connectivity index (χ1v) is 4.56. The zero-order valence-electron chi connectivity index (χ0n) is 8.45. The summed E-state index contributed by atoms with van der Waals surface area (Å²) in [5, 5.41) is 13.2. The fourth-order valence-corrected chi connectivity index (χ4v) is 1.06. The molecule has 0 radical (unpaired) electrons. The summed E-state index contributed by atoms with van der Waals surface area (Å²) in [5.41, 5.74) is 0. The molecular weight excluding hydrogens is 182 g/mol. The van der Waals surface area contributed by atoms with Crippen LogP contribution >= 0.6 is 0 Å².